The molecule has 0 unspecified atom stereocenters. The summed E-state index contributed by atoms with van der Waals surface area (Å²) in [5.41, 5.74) is 0. The second kappa shape index (κ2) is 3.58. The van der Waals surface area contributed by atoms with Gasteiger partial charge in [-0.15, -0.1) is 12.6 Å². The van der Waals surface area contributed by atoms with Crippen molar-refractivity contribution in [2.24, 2.45) is 0 Å². The molecule has 1 N–H and O–H groups in total. The van der Waals surface area contributed by atoms with E-state index in [4.69, 9.17) is 4.42 Å². The summed E-state index contributed by atoms with van der Waals surface area (Å²) in [7, 11) is 0. The third kappa shape index (κ3) is 2.36. The summed E-state index contributed by atoms with van der Waals surface area (Å²) in [6.07, 6.45) is 3.09. The van der Waals surface area contributed by atoms with E-state index >= 15 is 0 Å². The first-order valence-corrected chi connectivity index (χ1v) is 3.50. The molecule has 0 radical (unpaired) electrons. The molecular weight excluding hydrogens is 168 g/mol. The van der Waals surface area contributed by atoms with Crippen LogP contribution >= 0.6 is 24.8 Å². The standard InChI is InChI=1S/C5H6N2OS2/c9-5(10)7-3-4-6-1-2-8-4/h1-2H,3H2,(H2,7,9,10). The summed E-state index contributed by atoms with van der Waals surface area (Å²) in [6, 6.07) is 0. The van der Waals surface area contributed by atoms with E-state index in [9.17, 15) is 0 Å². The summed E-state index contributed by atoms with van der Waals surface area (Å²) < 4.78 is 5.36. The normalized spacial score (nSPS) is 9.30. The van der Waals surface area contributed by atoms with Gasteiger partial charge in [-0.1, -0.05) is 12.2 Å². The lowest BCUT2D eigenvalue weighted by Crippen LogP contribution is -2.15. The van der Waals surface area contributed by atoms with E-state index in [1.165, 1.54) is 6.26 Å². The topological polar surface area (TPSA) is 38.1 Å². The van der Waals surface area contributed by atoms with Crippen LogP contribution in [0.3, 0.4) is 0 Å². The molecule has 0 bridgehead atoms. The zero-order valence-corrected chi connectivity index (χ0v) is 6.78. The fourth-order valence-corrected chi connectivity index (χ4v) is 0.643. The van der Waals surface area contributed by atoms with E-state index in [1.54, 1.807) is 6.20 Å². The van der Waals surface area contributed by atoms with E-state index in [-0.39, 0.29) is 0 Å². The van der Waals surface area contributed by atoms with Crippen molar-refractivity contribution in [1.29, 1.82) is 0 Å². The Morgan fingerprint density at radius 3 is 3.20 bits per heavy atom. The van der Waals surface area contributed by atoms with Gasteiger partial charge in [-0.2, -0.15) is 0 Å². The fourth-order valence-electron chi connectivity index (χ4n) is 0.491. The maximum Gasteiger partial charge on any atom is 0.213 e. The van der Waals surface area contributed by atoms with Crippen LogP contribution in [-0.2, 0) is 6.54 Å². The molecule has 0 aromatic carbocycles. The minimum atomic E-state index is 0.443. The molecule has 0 spiro atoms. The lowest BCUT2D eigenvalue weighted by molar-refractivity contribution is 0.489. The van der Waals surface area contributed by atoms with Crippen molar-refractivity contribution in [3.8, 4) is 0 Å². The molecule has 1 aromatic rings. The molecule has 0 saturated carbocycles. The van der Waals surface area contributed by atoms with Gasteiger partial charge in [0.25, 0.3) is 0 Å². The van der Waals surface area contributed by atoms with Crippen LogP contribution in [0, 0.1) is 0 Å². The molecule has 0 aliphatic heterocycles. The second-order valence-corrected chi connectivity index (χ2v) is 2.74. The van der Waals surface area contributed by atoms with Crippen molar-refractivity contribution in [1.82, 2.24) is 10.3 Å². The minimum Gasteiger partial charge on any atom is -0.447 e. The first-order valence-electron chi connectivity index (χ1n) is 2.64. The van der Waals surface area contributed by atoms with Crippen molar-refractivity contribution < 1.29 is 4.42 Å². The van der Waals surface area contributed by atoms with Gasteiger partial charge in [0.15, 0.2) is 0 Å². The maximum absolute atomic E-state index is 4.92. The van der Waals surface area contributed by atoms with Gasteiger partial charge in [-0.3, -0.25) is 0 Å². The van der Waals surface area contributed by atoms with Crippen LogP contribution in [0.2, 0.25) is 0 Å². The molecule has 0 atom stereocenters. The smallest absolute Gasteiger partial charge is 0.213 e. The highest BCUT2D eigenvalue weighted by Crippen LogP contribution is 1.93. The van der Waals surface area contributed by atoms with Crippen LogP contribution in [0.4, 0.5) is 0 Å². The molecule has 0 saturated heterocycles. The molecule has 0 fully saturated rings. The molecule has 1 aromatic heterocycles. The number of hydrogen-bond acceptors (Lipinski definition) is 3. The number of hydrogen-bond donors (Lipinski definition) is 2. The van der Waals surface area contributed by atoms with Gasteiger partial charge in [-0.05, 0) is 0 Å². The largest absolute Gasteiger partial charge is 0.447 e. The second-order valence-electron chi connectivity index (χ2n) is 1.58. The zero-order chi connectivity index (χ0) is 7.40. The first kappa shape index (κ1) is 7.56. The molecule has 10 heavy (non-hydrogen) atoms. The lowest BCUT2D eigenvalue weighted by atomic mass is 10.6. The minimum absolute atomic E-state index is 0.443. The molecule has 1 heterocycles. The van der Waals surface area contributed by atoms with E-state index in [2.05, 4.69) is 35.1 Å². The van der Waals surface area contributed by atoms with Gasteiger partial charge in [-0.25, -0.2) is 4.98 Å². The molecule has 54 valence electrons. The summed E-state index contributed by atoms with van der Waals surface area (Å²) >= 11 is 8.51. The Kier molecular flexibility index (Phi) is 2.70. The van der Waals surface area contributed by atoms with Crippen molar-refractivity contribution >= 4 is 29.2 Å². The molecule has 0 amide bonds. The average molecular weight is 174 g/mol. The molecule has 3 nitrogen and oxygen atoms in total. The Bertz CT molecular complexity index is 209. The number of rotatable bonds is 2. The molecular formula is C5H6N2OS2. The van der Waals surface area contributed by atoms with Crippen LogP contribution in [-0.4, -0.2) is 9.30 Å². The highest BCUT2D eigenvalue weighted by Gasteiger charge is 1.94. The van der Waals surface area contributed by atoms with E-state index in [0.29, 0.717) is 16.8 Å². The Morgan fingerprint density at radius 2 is 2.70 bits per heavy atom. The van der Waals surface area contributed by atoms with Crippen molar-refractivity contribution in [2.45, 2.75) is 6.54 Å². The summed E-state index contributed by atoms with van der Waals surface area (Å²) in [5, 5.41) is 2.79. The maximum atomic E-state index is 4.92. The Morgan fingerprint density at radius 1 is 1.90 bits per heavy atom. The number of nitrogens with zero attached hydrogens (tertiary/aromatic N) is 1. The zero-order valence-electron chi connectivity index (χ0n) is 5.07. The number of thiol groups is 1. The molecule has 0 aliphatic rings. The monoisotopic (exact) mass is 174 g/mol. The Labute approximate surface area is 69.2 Å². The molecule has 5 heteroatoms. The van der Waals surface area contributed by atoms with Gasteiger partial charge in [0, 0.05) is 0 Å². The summed E-state index contributed by atoms with van der Waals surface area (Å²) in [5.74, 6) is 0.608. The van der Waals surface area contributed by atoms with Crippen LogP contribution < -0.4 is 5.32 Å². The first-order chi connectivity index (χ1) is 4.79. The third-order valence-corrected chi connectivity index (χ3v) is 1.18. The van der Waals surface area contributed by atoms with Crippen LogP contribution in [0.1, 0.15) is 5.89 Å². The summed E-state index contributed by atoms with van der Waals surface area (Å²) in [6.45, 7) is 0.495. The van der Waals surface area contributed by atoms with Crippen LogP contribution in [0.25, 0.3) is 0 Å². The van der Waals surface area contributed by atoms with Gasteiger partial charge in [0.2, 0.25) is 5.89 Å². The summed E-state index contributed by atoms with van der Waals surface area (Å²) in [4.78, 5) is 3.87. The van der Waals surface area contributed by atoms with Crippen molar-refractivity contribution in [3.05, 3.63) is 18.4 Å². The van der Waals surface area contributed by atoms with Gasteiger partial charge >= 0.3 is 0 Å². The van der Waals surface area contributed by atoms with Gasteiger partial charge in [0.1, 0.15) is 10.6 Å². The van der Waals surface area contributed by atoms with Gasteiger partial charge in [0.05, 0.1) is 12.7 Å². The van der Waals surface area contributed by atoms with Crippen LogP contribution in [0.15, 0.2) is 16.9 Å². The number of aromatic nitrogens is 1. The Balaban J connectivity index is 2.35. The average Bonchev–Trinajstić information content (AvgIpc) is 2.34. The number of nitrogens with one attached hydrogen (secondary N) is 1. The molecule has 1 rings (SSSR count). The van der Waals surface area contributed by atoms with Crippen LogP contribution in [0.5, 0.6) is 0 Å². The molecule has 0 aliphatic carbocycles. The fraction of sp³-hybridized carbons (Fsp3) is 0.200. The van der Waals surface area contributed by atoms with Crippen molar-refractivity contribution in [2.75, 3.05) is 0 Å². The third-order valence-electron chi connectivity index (χ3n) is 0.874. The SMILES string of the molecule is S=C(S)NCc1ncco1. The highest BCUT2D eigenvalue weighted by atomic mass is 32.1. The Hall–Kier alpha value is -0.550. The number of oxazole rings is 1. The number of thiocarbonyl (C=S) groups is 1. The van der Waals surface area contributed by atoms with Gasteiger partial charge < -0.3 is 9.73 Å². The van der Waals surface area contributed by atoms with E-state index in [0.717, 1.165) is 0 Å². The predicted octanol–water partition coefficient (Wildman–Crippen LogP) is 0.979. The van der Waals surface area contributed by atoms with E-state index < -0.39 is 0 Å². The van der Waals surface area contributed by atoms with E-state index in [1.807, 2.05) is 0 Å². The lowest BCUT2D eigenvalue weighted by Gasteiger charge is -1.96. The van der Waals surface area contributed by atoms with Crippen molar-refractivity contribution in [3.63, 3.8) is 0 Å². The quantitative estimate of drug-likeness (QED) is 0.518. The highest BCUT2D eigenvalue weighted by molar-refractivity contribution is 8.11. The predicted molar refractivity (Wildman–Crippen MR) is 44.9 cm³/mol.